The number of carbonyl (C=O) groups is 3. The number of nitrogens with zero attached hydrogens (tertiary/aromatic N) is 1. The van der Waals surface area contributed by atoms with Crippen molar-refractivity contribution in [3.05, 3.63) is 30.0 Å². The van der Waals surface area contributed by atoms with Crippen molar-refractivity contribution in [1.82, 2.24) is 20.9 Å². The number of nitriles is 1. The Hall–Kier alpha value is -3.61. The normalized spacial score (nSPS) is 17.9. The van der Waals surface area contributed by atoms with Gasteiger partial charge in [-0.15, -0.1) is 0 Å². The lowest BCUT2D eigenvalue weighted by Crippen LogP contribution is -2.52. The van der Waals surface area contributed by atoms with Crippen molar-refractivity contribution >= 4 is 28.6 Å². The molecule has 2 heterocycles. The van der Waals surface area contributed by atoms with E-state index >= 15 is 0 Å². The Morgan fingerprint density at radius 2 is 2.12 bits per heavy atom. The second kappa shape index (κ2) is 10.5. The predicted molar refractivity (Wildman–Crippen MR) is 124 cm³/mol. The number of aromatic amines is 1. The molecule has 2 aromatic rings. The smallest absolute Gasteiger partial charge is 0.268 e. The van der Waals surface area contributed by atoms with E-state index in [0.717, 1.165) is 6.42 Å². The molecule has 1 fully saturated rings. The van der Waals surface area contributed by atoms with Crippen molar-refractivity contribution < 1.29 is 23.5 Å². The summed E-state index contributed by atoms with van der Waals surface area (Å²) in [6.45, 7) is 3.21. The van der Waals surface area contributed by atoms with E-state index in [1.54, 1.807) is 24.3 Å². The van der Waals surface area contributed by atoms with Crippen molar-refractivity contribution in [2.24, 2.45) is 5.92 Å². The van der Waals surface area contributed by atoms with Gasteiger partial charge in [-0.2, -0.15) is 5.26 Å². The fourth-order valence-electron chi connectivity index (χ4n) is 4.12. The third-order valence-corrected chi connectivity index (χ3v) is 5.79. The molecule has 34 heavy (non-hydrogen) atoms. The van der Waals surface area contributed by atoms with E-state index in [4.69, 9.17) is 4.74 Å². The summed E-state index contributed by atoms with van der Waals surface area (Å²) >= 11 is 0. The fourth-order valence-corrected chi connectivity index (χ4v) is 4.12. The summed E-state index contributed by atoms with van der Waals surface area (Å²) in [4.78, 5) is 40.9. The number of hydrogen-bond acceptors (Lipinski definition) is 5. The third-order valence-electron chi connectivity index (χ3n) is 5.79. The first kappa shape index (κ1) is 25.0. The number of nitrogens with one attached hydrogen (secondary N) is 4. The van der Waals surface area contributed by atoms with Crippen molar-refractivity contribution in [3.8, 4) is 11.8 Å². The van der Waals surface area contributed by atoms with Crippen LogP contribution in [-0.2, 0) is 9.59 Å². The molecule has 1 aliphatic rings. The number of H-pyrrole nitrogens is 1. The molecule has 0 bridgehead atoms. The summed E-state index contributed by atoms with van der Waals surface area (Å²) in [7, 11) is 1.52. The Kier molecular flexibility index (Phi) is 7.76. The lowest BCUT2D eigenvalue weighted by molar-refractivity contribution is -0.128. The fraction of sp³-hybridized carbons (Fsp3) is 0.500. The van der Waals surface area contributed by atoms with E-state index in [2.05, 4.69) is 20.9 Å². The number of benzene rings is 1. The number of halogens is 1. The SMILES string of the molecule is COc1cccc2[nH]c(C(=O)NC(CC(C)(C)F)C(=O)NC(C#N)CC3CCCNC3=O)cc12. The van der Waals surface area contributed by atoms with Gasteiger partial charge in [-0.3, -0.25) is 14.4 Å². The first-order valence-electron chi connectivity index (χ1n) is 11.2. The maximum atomic E-state index is 14.5. The van der Waals surface area contributed by atoms with Crippen LogP contribution in [0.4, 0.5) is 4.39 Å². The minimum absolute atomic E-state index is 0.148. The maximum Gasteiger partial charge on any atom is 0.268 e. The minimum Gasteiger partial charge on any atom is -0.496 e. The van der Waals surface area contributed by atoms with Crippen LogP contribution in [0.2, 0.25) is 0 Å². The monoisotopic (exact) mass is 471 g/mol. The van der Waals surface area contributed by atoms with Crippen LogP contribution in [0.15, 0.2) is 24.3 Å². The molecular formula is C24H30FN5O4. The van der Waals surface area contributed by atoms with E-state index < -0.39 is 29.6 Å². The highest BCUT2D eigenvalue weighted by atomic mass is 19.1. The zero-order valence-electron chi connectivity index (χ0n) is 19.5. The Bertz CT molecular complexity index is 1100. The molecule has 10 heteroatoms. The van der Waals surface area contributed by atoms with Crippen LogP contribution in [0.1, 0.15) is 50.0 Å². The summed E-state index contributed by atoms with van der Waals surface area (Å²) in [6, 6.07) is 6.73. The molecule has 3 unspecified atom stereocenters. The topological polar surface area (TPSA) is 136 Å². The highest BCUT2D eigenvalue weighted by Gasteiger charge is 2.32. The molecule has 3 atom stereocenters. The molecule has 0 saturated carbocycles. The van der Waals surface area contributed by atoms with Crippen LogP contribution < -0.4 is 20.7 Å². The highest BCUT2D eigenvalue weighted by Crippen LogP contribution is 2.26. The molecular weight excluding hydrogens is 441 g/mol. The lowest BCUT2D eigenvalue weighted by atomic mass is 9.91. The molecule has 1 aliphatic heterocycles. The molecule has 1 saturated heterocycles. The summed E-state index contributed by atoms with van der Waals surface area (Å²) in [5.41, 5.74) is -0.902. The quantitative estimate of drug-likeness (QED) is 0.445. The maximum absolute atomic E-state index is 14.5. The van der Waals surface area contributed by atoms with Crippen LogP contribution in [-0.4, -0.2) is 54.1 Å². The molecule has 9 nitrogen and oxygen atoms in total. The Labute approximate surface area is 197 Å². The van der Waals surface area contributed by atoms with E-state index in [1.807, 2.05) is 6.07 Å². The van der Waals surface area contributed by atoms with E-state index in [0.29, 0.717) is 29.6 Å². The van der Waals surface area contributed by atoms with Crippen LogP contribution in [0.3, 0.4) is 0 Å². The van der Waals surface area contributed by atoms with Gasteiger partial charge in [-0.25, -0.2) is 4.39 Å². The Morgan fingerprint density at radius 1 is 1.35 bits per heavy atom. The van der Waals surface area contributed by atoms with Gasteiger partial charge in [0.25, 0.3) is 5.91 Å². The van der Waals surface area contributed by atoms with E-state index in [1.165, 1.54) is 21.0 Å². The Morgan fingerprint density at radius 3 is 2.76 bits per heavy atom. The molecule has 1 aromatic carbocycles. The number of aromatic nitrogens is 1. The van der Waals surface area contributed by atoms with Gasteiger partial charge in [0.2, 0.25) is 11.8 Å². The van der Waals surface area contributed by atoms with Crippen LogP contribution >= 0.6 is 0 Å². The van der Waals surface area contributed by atoms with Crippen LogP contribution in [0.5, 0.6) is 5.75 Å². The van der Waals surface area contributed by atoms with Gasteiger partial charge in [0.05, 0.1) is 13.2 Å². The van der Waals surface area contributed by atoms with Gasteiger partial charge >= 0.3 is 0 Å². The van der Waals surface area contributed by atoms with Gasteiger partial charge in [0.1, 0.15) is 29.2 Å². The van der Waals surface area contributed by atoms with Gasteiger partial charge < -0.3 is 25.7 Å². The largest absolute Gasteiger partial charge is 0.496 e. The molecule has 0 aliphatic carbocycles. The molecule has 0 radical (unpaired) electrons. The second-order valence-electron chi connectivity index (χ2n) is 9.11. The first-order valence-corrected chi connectivity index (χ1v) is 11.2. The third kappa shape index (κ3) is 6.25. The van der Waals surface area contributed by atoms with Gasteiger partial charge in [0.15, 0.2) is 0 Å². The van der Waals surface area contributed by atoms with Crippen LogP contribution in [0, 0.1) is 17.2 Å². The number of methoxy groups -OCH3 is 1. The van der Waals surface area contributed by atoms with Crippen molar-refractivity contribution in [3.63, 3.8) is 0 Å². The van der Waals surface area contributed by atoms with Gasteiger partial charge in [-0.05, 0) is 51.3 Å². The second-order valence-corrected chi connectivity index (χ2v) is 9.11. The first-order chi connectivity index (χ1) is 16.1. The molecule has 182 valence electrons. The standard InChI is InChI=1S/C24H30FN5O4/c1-24(2,25)12-19(23(33)28-15(13-26)10-14-6-5-9-27-21(14)31)30-22(32)18-11-16-17(29-18)7-4-8-20(16)34-3/h4,7-8,11,14-15,19,29H,5-6,9-10,12H2,1-3H3,(H,27,31)(H,28,33)(H,30,32). The molecule has 0 spiro atoms. The zero-order valence-corrected chi connectivity index (χ0v) is 19.5. The molecule has 3 rings (SSSR count). The van der Waals surface area contributed by atoms with E-state index in [-0.39, 0.29) is 30.4 Å². The summed E-state index contributed by atoms with van der Waals surface area (Å²) in [6.07, 6.45) is 1.28. The van der Waals surface area contributed by atoms with Crippen molar-refractivity contribution in [1.29, 1.82) is 5.26 Å². The van der Waals surface area contributed by atoms with E-state index in [9.17, 15) is 24.0 Å². The van der Waals surface area contributed by atoms with Gasteiger partial charge in [-0.1, -0.05) is 6.07 Å². The predicted octanol–water partition coefficient (Wildman–Crippen LogP) is 2.34. The number of rotatable bonds is 9. The lowest BCUT2D eigenvalue weighted by Gasteiger charge is -2.26. The zero-order chi connectivity index (χ0) is 24.9. The highest BCUT2D eigenvalue weighted by molar-refractivity contribution is 6.01. The number of fused-ring (bicyclic) bond motifs is 1. The average Bonchev–Trinajstić information content (AvgIpc) is 3.23. The number of alkyl halides is 1. The molecule has 1 aromatic heterocycles. The number of ether oxygens (including phenoxy) is 1. The number of carbonyl (C=O) groups excluding carboxylic acids is 3. The minimum atomic E-state index is -1.76. The average molecular weight is 472 g/mol. The van der Waals surface area contributed by atoms with Gasteiger partial charge in [0, 0.05) is 29.8 Å². The summed E-state index contributed by atoms with van der Waals surface area (Å²) in [5.74, 6) is -1.23. The summed E-state index contributed by atoms with van der Waals surface area (Å²) < 4.78 is 19.8. The van der Waals surface area contributed by atoms with Crippen LogP contribution in [0.25, 0.3) is 10.9 Å². The number of piperidine rings is 1. The number of hydrogen-bond donors (Lipinski definition) is 4. The number of amides is 3. The van der Waals surface area contributed by atoms with Crippen molar-refractivity contribution in [2.75, 3.05) is 13.7 Å². The molecule has 3 amide bonds. The van der Waals surface area contributed by atoms with Crippen molar-refractivity contribution in [2.45, 2.75) is 57.3 Å². The molecule has 4 N–H and O–H groups in total. The summed E-state index contributed by atoms with van der Waals surface area (Å²) in [5, 5.41) is 18.1. The Balaban J connectivity index is 1.74.